The molecule has 1 aliphatic rings. The fraction of sp³-hybridized carbons (Fsp3) is 0.263. The van der Waals surface area contributed by atoms with Gasteiger partial charge >= 0.3 is 0 Å². The molecule has 0 aliphatic carbocycles. The number of benzene rings is 2. The van der Waals surface area contributed by atoms with E-state index < -0.39 is 11.2 Å². The average molecular weight is 342 g/mol. The molecule has 1 heterocycles. The first kappa shape index (κ1) is 17.0. The van der Waals surface area contributed by atoms with E-state index in [-0.39, 0.29) is 18.4 Å². The largest absolute Gasteiger partial charge is 0.490 e. The van der Waals surface area contributed by atoms with Crippen molar-refractivity contribution in [2.75, 3.05) is 23.9 Å². The summed E-state index contributed by atoms with van der Waals surface area (Å²) in [4.78, 5) is 26.3. The van der Waals surface area contributed by atoms with E-state index >= 15 is 0 Å². The van der Waals surface area contributed by atoms with Crippen molar-refractivity contribution in [1.29, 1.82) is 0 Å². The Morgan fingerprint density at radius 2 is 1.88 bits per heavy atom. The van der Waals surface area contributed by atoms with Gasteiger partial charge in [0.1, 0.15) is 18.2 Å². The second kappa shape index (κ2) is 6.20. The first-order valence-corrected chi connectivity index (χ1v) is 7.90. The van der Waals surface area contributed by atoms with Crippen molar-refractivity contribution < 1.29 is 18.7 Å². The third kappa shape index (κ3) is 3.33. The topological polar surface area (TPSA) is 58.6 Å². The Bertz CT molecular complexity index is 831. The summed E-state index contributed by atoms with van der Waals surface area (Å²) in [7, 11) is 1.68. The first-order valence-electron chi connectivity index (χ1n) is 7.90. The highest BCUT2D eigenvalue weighted by molar-refractivity contribution is 6.05. The number of ether oxygens (including phenoxy) is 1. The van der Waals surface area contributed by atoms with Crippen LogP contribution < -0.4 is 15.0 Å². The molecule has 25 heavy (non-hydrogen) atoms. The monoisotopic (exact) mass is 342 g/mol. The maximum atomic E-state index is 13.0. The summed E-state index contributed by atoms with van der Waals surface area (Å²) >= 11 is 0. The number of hydrogen-bond acceptors (Lipinski definition) is 3. The van der Waals surface area contributed by atoms with E-state index in [1.807, 2.05) is 13.8 Å². The molecule has 5 nitrogen and oxygen atoms in total. The van der Waals surface area contributed by atoms with E-state index in [0.29, 0.717) is 22.7 Å². The van der Waals surface area contributed by atoms with E-state index in [4.69, 9.17) is 4.74 Å². The molecule has 0 radical (unpaired) electrons. The van der Waals surface area contributed by atoms with Gasteiger partial charge in [0.25, 0.3) is 5.91 Å². The van der Waals surface area contributed by atoms with E-state index in [2.05, 4.69) is 5.32 Å². The van der Waals surface area contributed by atoms with Crippen LogP contribution in [0, 0.1) is 11.2 Å². The zero-order valence-electron chi connectivity index (χ0n) is 14.3. The van der Waals surface area contributed by atoms with E-state index in [1.165, 1.54) is 29.2 Å². The van der Waals surface area contributed by atoms with Gasteiger partial charge < -0.3 is 15.0 Å². The zero-order chi connectivity index (χ0) is 18.2. The summed E-state index contributed by atoms with van der Waals surface area (Å²) in [5, 5.41) is 2.75. The van der Waals surface area contributed by atoms with Crippen molar-refractivity contribution >= 4 is 23.2 Å². The van der Waals surface area contributed by atoms with Gasteiger partial charge in [-0.1, -0.05) is 0 Å². The zero-order valence-corrected chi connectivity index (χ0v) is 14.3. The van der Waals surface area contributed by atoms with Gasteiger partial charge in [0, 0.05) is 18.3 Å². The Morgan fingerprint density at radius 3 is 2.56 bits per heavy atom. The number of carbonyl (C=O) groups is 2. The summed E-state index contributed by atoms with van der Waals surface area (Å²) < 4.78 is 18.7. The van der Waals surface area contributed by atoms with Crippen molar-refractivity contribution in [1.82, 2.24) is 0 Å². The number of halogens is 1. The predicted octanol–water partition coefficient (Wildman–Crippen LogP) is 3.46. The maximum absolute atomic E-state index is 13.0. The number of nitrogens with one attached hydrogen (secondary N) is 1. The smallest absolute Gasteiger partial charge is 0.255 e. The molecule has 0 atom stereocenters. The van der Waals surface area contributed by atoms with Crippen LogP contribution in [0.1, 0.15) is 24.2 Å². The molecule has 0 spiro atoms. The molecule has 0 saturated heterocycles. The highest BCUT2D eigenvalue weighted by Crippen LogP contribution is 2.37. The van der Waals surface area contributed by atoms with Gasteiger partial charge in [-0.3, -0.25) is 9.59 Å². The Labute approximate surface area is 145 Å². The number of carbonyl (C=O) groups excluding carboxylic acids is 2. The van der Waals surface area contributed by atoms with Gasteiger partial charge in [-0.15, -0.1) is 0 Å². The third-order valence-corrected chi connectivity index (χ3v) is 4.16. The number of hydrogen-bond donors (Lipinski definition) is 1. The van der Waals surface area contributed by atoms with Crippen molar-refractivity contribution in [3.05, 3.63) is 53.8 Å². The average Bonchev–Trinajstić information content (AvgIpc) is 2.66. The Morgan fingerprint density at radius 1 is 1.20 bits per heavy atom. The van der Waals surface area contributed by atoms with Crippen LogP contribution in [0.3, 0.4) is 0 Å². The lowest BCUT2D eigenvalue weighted by atomic mass is 9.93. The van der Waals surface area contributed by atoms with Crippen LogP contribution in [0.15, 0.2) is 42.5 Å². The van der Waals surface area contributed by atoms with Crippen molar-refractivity contribution in [2.24, 2.45) is 5.41 Å². The van der Waals surface area contributed by atoms with Crippen molar-refractivity contribution in [3.63, 3.8) is 0 Å². The molecular weight excluding hydrogens is 323 g/mol. The molecule has 0 saturated carbocycles. The van der Waals surface area contributed by atoms with Gasteiger partial charge in [-0.25, -0.2) is 4.39 Å². The van der Waals surface area contributed by atoms with Gasteiger partial charge in [0.15, 0.2) is 0 Å². The standard InChI is InChI=1S/C19H19FN2O3/c1-19(2)11-25-16-9-8-14(10-15(16)22(3)18(19)24)21-17(23)12-4-6-13(20)7-5-12/h4-10H,11H2,1-3H3,(H,21,23). The molecule has 1 N–H and O–H groups in total. The minimum absolute atomic E-state index is 0.0618. The summed E-state index contributed by atoms with van der Waals surface area (Å²) in [5.41, 5.74) is 0.826. The lowest BCUT2D eigenvalue weighted by molar-refractivity contribution is -0.127. The Kier molecular flexibility index (Phi) is 4.20. The number of nitrogens with zero attached hydrogens (tertiary/aromatic N) is 1. The molecular formula is C19H19FN2O3. The van der Waals surface area contributed by atoms with Crippen molar-refractivity contribution in [3.8, 4) is 5.75 Å². The van der Waals surface area contributed by atoms with Crippen LogP contribution >= 0.6 is 0 Å². The minimum atomic E-state index is -0.634. The molecule has 130 valence electrons. The van der Waals surface area contributed by atoms with Gasteiger partial charge in [0.05, 0.1) is 11.1 Å². The second-order valence-corrected chi connectivity index (χ2v) is 6.68. The highest BCUT2D eigenvalue weighted by Gasteiger charge is 2.36. The molecule has 0 aromatic heterocycles. The molecule has 6 heteroatoms. The molecule has 0 fully saturated rings. The highest BCUT2D eigenvalue weighted by atomic mass is 19.1. The number of fused-ring (bicyclic) bond motifs is 1. The maximum Gasteiger partial charge on any atom is 0.255 e. The fourth-order valence-electron chi connectivity index (χ4n) is 2.67. The molecule has 2 aromatic carbocycles. The van der Waals surface area contributed by atoms with Crippen LogP contribution in [0.25, 0.3) is 0 Å². The lowest BCUT2D eigenvalue weighted by Crippen LogP contribution is -2.39. The molecule has 2 amide bonds. The van der Waals surface area contributed by atoms with E-state index in [0.717, 1.165) is 0 Å². The summed E-state index contributed by atoms with van der Waals surface area (Å²) in [6.07, 6.45) is 0. The quantitative estimate of drug-likeness (QED) is 0.909. The van der Waals surface area contributed by atoms with Gasteiger partial charge in [0.2, 0.25) is 5.91 Å². The Balaban J connectivity index is 1.86. The number of anilines is 2. The first-order chi connectivity index (χ1) is 11.8. The predicted molar refractivity (Wildman–Crippen MR) is 93.5 cm³/mol. The normalized spacial score (nSPS) is 15.8. The fourth-order valence-corrected chi connectivity index (χ4v) is 2.67. The van der Waals surface area contributed by atoms with Crippen LogP contribution in [-0.2, 0) is 4.79 Å². The summed E-state index contributed by atoms with van der Waals surface area (Å²) in [6.45, 7) is 3.94. The van der Waals surface area contributed by atoms with Crippen LogP contribution in [0.2, 0.25) is 0 Å². The molecule has 0 bridgehead atoms. The van der Waals surface area contributed by atoms with Gasteiger partial charge in [-0.2, -0.15) is 0 Å². The SMILES string of the molecule is CN1C(=O)C(C)(C)COc2ccc(NC(=O)c3ccc(F)cc3)cc21. The van der Waals surface area contributed by atoms with Crippen molar-refractivity contribution in [2.45, 2.75) is 13.8 Å². The van der Waals surface area contributed by atoms with Gasteiger partial charge in [-0.05, 0) is 56.3 Å². The molecule has 1 aliphatic heterocycles. The second-order valence-electron chi connectivity index (χ2n) is 6.68. The third-order valence-electron chi connectivity index (χ3n) is 4.16. The van der Waals surface area contributed by atoms with Crippen LogP contribution in [0.4, 0.5) is 15.8 Å². The van der Waals surface area contributed by atoms with Crippen LogP contribution in [0.5, 0.6) is 5.75 Å². The van der Waals surface area contributed by atoms with Crippen LogP contribution in [-0.4, -0.2) is 25.5 Å². The lowest BCUT2D eigenvalue weighted by Gasteiger charge is -2.24. The summed E-state index contributed by atoms with van der Waals surface area (Å²) in [6, 6.07) is 10.4. The number of amides is 2. The molecule has 2 aromatic rings. The molecule has 3 rings (SSSR count). The Hall–Kier alpha value is -2.89. The van der Waals surface area contributed by atoms with E-state index in [9.17, 15) is 14.0 Å². The minimum Gasteiger partial charge on any atom is -0.490 e. The number of rotatable bonds is 2. The summed E-state index contributed by atoms with van der Waals surface area (Å²) in [5.74, 6) is -0.236. The van der Waals surface area contributed by atoms with E-state index in [1.54, 1.807) is 25.2 Å². The molecule has 0 unspecified atom stereocenters.